The molecule has 1 aromatic heterocycles. The highest BCUT2D eigenvalue weighted by molar-refractivity contribution is 5.74. The largest absolute Gasteiger partial charge is 0.381 e. The predicted octanol–water partition coefficient (Wildman–Crippen LogP) is 2.35. The van der Waals surface area contributed by atoms with Crippen molar-refractivity contribution in [3.63, 3.8) is 0 Å². The average molecular weight is 380 g/mol. The molecule has 3 heterocycles. The van der Waals surface area contributed by atoms with Crippen LogP contribution in [0.15, 0.2) is 4.52 Å². The maximum Gasteiger partial charge on any atom is 0.317 e. The van der Waals surface area contributed by atoms with Crippen LogP contribution in [-0.2, 0) is 15.9 Å². The molecule has 0 saturated carbocycles. The minimum Gasteiger partial charge on any atom is -0.381 e. The Labute approximate surface area is 161 Å². The Balaban J connectivity index is 1.40. The Hall–Kier alpha value is -1.67. The molecular formula is C19H32N4O4. The molecule has 1 aromatic rings. The number of carbonyl (C=O) groups excluding carboxylic acids is 1. The molecule has 1 N–H and O–H groups in total. The Morgan fingerprint density at radius 3 is 3.00 bits per heavy atom. The van der Waals surface area contributed by atoms with Crippen molar-refractivity contribution in [2.24, 2.45) is 5.92 Å². The van der Waals surface area contributed by atoms with Crippen molar-refractivity contribution in [2.45, 2.75) is 51.4 Å². The molecule has 152 valence electrons. The lowest BCUT2D eigenvalue weighted by Gasteiger charge is -2.31. The third-order valence-corrected chi connectivity index (χ3v) is 5.23. The summed E-state index contributed by atoms with van der Waals surface area (Å²) in [6, 6.07) is 0.00259. The predicted molar refractivity (Wildman–Crippen MR) is 99.6 cm³/mol. The number of likely N-dealkylation sites (tertiary alicyclic amines) is 1. The highest BCUT2D eigenvalue weighted by atomic mass is 16.5. The molecule has 8 heteroatoms. The van der Waals surface area contributed by atoms with Crippen LogP contribution in [0.5, 0.6) is 0 Å². The number of hydrogen-bond donors (Lipinski definition) is 1. The lowest BCUT2D eigenvalue weighted by Crippen LogP contribution is -2.45. The number of aromatic nitrogens is 2. The number of carbonyl (C=O) groups is 1. The third kappa shape index (κ3) is 6.17. The maximum absolute atomic E-state index is 12.2. The zero-order valence-electron chi connectivity index (χ0n) is 16.3. The van der Waals surface area contributed by atoms with E-state index in [1.165, 1.54) is 0 Å². The normalized spacial score (nSPS) is 21.4. The van der Waals surface area contributed by atoms with Crippen LogP contribution in [-0.4, -0.2) is 67.1 Å². The monoisotopic (exact) mass is 380 g/mol. The number of rotatable bonds is 8. The van der Waals surface area contributed by atoms with Gasteiger partial charge in [-0.15, -0.1) is 0 Å². The molecule has 0 aliphatic carbocycles. The summed E-state index contributed by atoms with van der Waals surface area (Å²) in [4.78, 5) is 18.6. The van der Waals surface area contributed by atoms with Crippen LogP contribution >= 0.6 is 0 Å². The van der Waals surface area contributed by atoms with E-state index in [1.807, 2.05) is 11.8 Å². The minimum absolute atomic E-state index is 0.00259. The summed E-state index contributed by atoms with van der Waals surface area (Å²) in [6.45, 7) is 7.24. The van der Waals surface area contributed by atoms with Gasteiger partial charge in [-0.1, -0.05) is 12.1 Å². The molecule has 2 fully saturated rings. The van der Waals surface area contributed by atoms with Crippen LogP contribution in [0.25, 0.3) is 0 Å². The maximum atomic E-state index is 12.2. The van der Waals surface area contributed by atoms with Crippen LogP contribution < -0.4 is 5.32 Å². The van der Waals surface area contributed by atoms with Crippen LogP contribution in [0.1, 0.15) is 56.7 Å². The van der Waals surface area contributed by atoms with E-state index in [2.05, 4.69) is 15.5 Å². The molecule has 0 radical (unpaired) electrons. The highest BCUT2D eigenvalue weighted by Gasteiger charge is 2.28. The van der Waals surface area contributed by atoms with Crippen molar-refractivity contribution in [1.82, 2.24) is 20.4 Å². The molecule has 2 amide bonds. The van der Waals surface area contributed by atoms with Crippen molar-refractivity contribution >= 4 is 6.03 Å². The van der Waals surface area contributed by atoms with Gasteiger partial charge in [0.1, 0.15) is 0 Å². The molecule has 2 aliphatic rings. The summed E-state index contributed by atoms with van der Waals surface area (Å²) in [7, 11) is 0. The molecular weight excluding hydrogens is 348 g/mol. The first-order chi connectivity index (χ1) is 13.3. The first-order valence-electron chi connectivity index (χ1n) is 10.3. The molecule has 1 atom stereocenters. The summed E-state index contributed by atoms with van der Waals surface area (Å²) in [5.41, 5.74) is 0. The fourth-order valence-corrected chi connectivity index (χ4v) is 3.57. The van der Waals surface area contributed by atoms with Gasteiger partial charge in [0.25, 0.3) is 0 Å². The Morgan fingerprint density at radius 1 is 1.33 bits per heavy atom. The summed E-state index contributed by atoms with van der Waals surface area (Å²) in [5, 5.41) is 7.03. The van der Waals surface area contributed by atoms with E-state index in [9.17, 15) is 4.79 Å². The first kappa shape index (κ1) is 20.1. The Kier molecular flexibility index (Phi) is 7.89. The van der Waals surface area contributed by atoms with Gasteiger partial charge in [0.2, 0.25) is 5.89 Å². The number of ether oxygens (including phenoxy) is 2. The van der Waals surface area contributed by atoms with Gasteiger partial charge in [-0.2, -0.15) is 4.98 Å². The van der Waals surface area contributed by atoms with Crippen molar-refractivity contribution in [2.75, 3.05) is 46.1 Å². The van der Waals surface area contributed by atoms with Gasteiger partial charge in [-0.25, -0.2) is 4.79 Å². The van der Waals surface area contributed by atoms with Crippen LogP contribution in [0.2, 0.25) is 0 Å². The molecule has 8 nitrogen and oxygen atoms in total. The molecule has 2 aliphatic heterocycles. The second kappa shape index (κ2) is 10.6. The summed E-state index contributed by atoms with van der Waals surface area (Å²) in [5.74, 6) is 2.05. The lowest BCUT2D eigenvalue weighted by atomic mass is 9.98. The Morgan fingerprint density at radius 2 is 2.19 bits per heavy atom. The first-order valence-corrected chi connectivity index (χ1v) is 10.3. The minimum atomic E-state index is 0.00259. The number of hydrogen-bond acceptors (Lipinski definition) is 6. The zero-order chi connectivity index (χ0) is 18.9. The van der Waals surface area contributed by atoms with E-state index >= 15 is 0 Å². The van der Waals surface area contributed by atoms with Gasteiger partial charge in [0.15, 0.2) is 5.82 Å². The number of piperidine rings is 1. The number of nitrogens with one attached hydrogen (secondary N) is 1. The van der Waals surface area contributed by atoms with Gasteiger partial charge < -0.3 is 24.2 Å². The molecule has 0 aromatic carbocycles. The van der Waals surface area contributed by atoms with Gasteiger partial charge in [-0.3, -0.25) is 0 Å². The standard InChI is InChI=1S/C19H32N4O4/c1-2-8-20-19(24)23-9-3-4-16(13-23)18-21-17(22-27-18)7-12-26-14-15-5-10-25-11-6-15/h15-16H,2-14H2,1H3,(H,20,24). The van der Waals surface area contributed by atoms with Crippen LogP contribution in [0.4, 0.5) is 4.79 Å². The lowest BCUT2D eigenvalue weighted by molar-refractivity contribution is 0.0211. The summed E-state index contributed by atoms with van der Waals surface area (Å²) in [6.07, 6.45) is 5.68. The number of urea groups is 1. The quantitative estimate of drug-likeness (QED) is 0.697. The van der Waals surface area contributed by atoms with E-state index < -0.39 is 0 Å². The smallest absolute Gasteiger partial charge is 0.317 e. The fraction of sp³-hybridized carbons (Fsp3) is 0.842. The van der Waals surface area contributed by atoms with Crippen LogP contribution in [0, 0.1) is 5.92 Å². The fourth-order valence-electron chi connectivity index (χ4n) is 3.57. The SMILES string of the molecule is CCCNC(=O)N1CCCC(c2nc(CCOCC3CCOCC3)no2)C1. The van der Waals surface area contributed by atoms with Crippen molar-refractivity contribution in [3.05, 3.63) is 11.7 Å². The average Bonchev–Trinajstić information content (AvgIpc) is 3.19. The van der Waals surface area contributed by atoms with E-state index in [0.29, 0.717) is 43.8 Å². The molecule has 3 rings (SSSR count). The van der Waals surface area contributed by atoms with Crippen LogP contribution in [0.3, 0.4) is 0 Å². The van der Waals surface area contributed by atoms with Gasteiger partial charge in [-0.05, 0) is 38.0 Å². The number of amides is 2. The highest BCUT2D eigenvalue weighted by Crippen LogP contribution is 2.25. The molecule has 0 spiro atoms. The summed E-state index contributed by atoms with van der Waals surface area (Å²) >= 11 is 0. The Bertz CT molecular complexity index is 574. The van der Waals surface area contributed by atoms with Gasteiger partial charge in [0.05, 0.1) is 12.5 Å². The molecule has 1 unspecified atom stereocenters. The summed E-state index contributed by atoms with van der Waals surface area (Å²) < 4.78 is 16.6. The third-order valence-electron chi connectivity index (χ3n) is 5.23. The molecule has 27 heavy (non-hydrogen) atoms. The van der Waals surface area contributed by atoms with E-state index in [0.717, 1.165) is 58.5 Å². The second-order valence-corrected chi connectivity index (χ2v) is 7.45. The molecule has 0 bridgehead atoms. The van der Waals surface area contributed by atoms with E-state index in [1.54, 1.807) is 0 Å². The second-order valence-electron chi connectivity index (χ2n) is 7.45. The van der Waals surface area contributed by atoms with E-state index in [-0.39, 0.29) is 11.9 Å². The van der Waals surface area contributed by atoms with E-state index in [4.69, 9.17) is 14.0 Å². The van der Waals surface area contributed by atoms with Crippen molar-refractivity contribution < 1.29 is 18.8 Å². The van der Waals surface area contributed by atoms with Crippen molar-refractivity contribution in [3.8, 4) is 0 Å². The molecule has 2 saturated heterocycles. The van der Waals surface area contributed by atoms with Crippen molar-refractivity contribution in [1.29, 1.82) is 0 Å². The topological polar surface area (TPSA) is 89.7 Å². The number of nitrogens with zero attached hydrogens (tertiary/aromatic N) is 3. The zero-order valence-corrected chi connectivity index (χ0v) is 16.3. The van der Waals surface area contributed by atoms with Gasteiger partial charge in [0, 0.05) is 45.9 Å². The van der Waals surface area contributed by atoms with Gasteiger partial charge >= 0.3 is 6.03 Å².